The van der Waals surface area contributed by atoms with Crippen molar-refractivity contribution >= 4 is 39.9 Å². The van der Waals surface area contributed by atoms with Crippen LogP contribution in [-0.4, -0.2) is 10.9 Å². The van der Waals surface area contributed by atoms with Crippen LogP contribution in [0, 0.1) is 0 Å². The van der Waals surface area contributed by atoms with Crippen molar-refractivity contribution in [2.24, 2.45) is 0 Å². The lowest BCUT2D eigenvalue weighted by atomic mass is 10.1. The van der Waals surface area contributed by atoms with Crippen molar-refractivity contribution in [1.29, 1.82) is 0 Å². The number of carbonyl (C=O) groups is 1. The topological polar surface area (TPSA) is 95.5 Å². The third-order valence-corrected chi connectivity index (χ3v) is 4.37. The van der Waals surface area contributed by atoms with E-state index in [1.54, 1.807) is 24.3 Å². The largest absolute Gasteiger partial charge is 0.504 e. The first-order chi connectivity index (χ1) is 11.0. The first-order valence-electron chi connectivity index (χ1n) is 6.73. The number of Topliss-reactive ketones (excluding diaryl/α,β-unsaturated/α-hetero) is 1. The van der Waals surface area contributed by atoms with Gasteiger partial charge in [-0.05, 0) is 12.1 Å². The monoisotopic (exact) mass is 328 g/mol. The van der Waals surface area contributed by atoms with Crippen molar-refractivity contribution in [2.75, 3.05) is 10.6 Å². The van der Waals surface area contributed by atoms with Gasteiger partial charge in [0, 0.05) is 18.0 Å². The van der Waals surface area contributed by atoms with E-state index >= 15 is 0 Å². The Labute approximate surface area is 134 Å². The summed E-state index contributed by atoms with van der Waals surface area (Å²) in [5, 5.41) is 17.1. The molecule has 2 aromatic carbocycles. The van der Waals surface area contributed by atoms with Gasteiger partial charge < -0.3 is 15.7 Å². The van der Waals surface area contributed by atoms with Crippen molar-refractivity contribution in [3.05, 3.63) is 61.0 Å². The Morgan fingerprint density at radius 2 is 1.65 bits per heavy atom. The molecule has 1 heterocycles. The molecule has 0 atom stereocenters. The lowest BCUT2D eigenvalue weighted by Gasteiger charge is -2.14. The van der Waals surface area contributed by atoms with Crippen LogP contribution in [0.2, 0.25) is 0 Å². The highest BCUT2D eigenvalue weighted by Crippen LogP contribution is 2.37. The molecule has 6 nitrogen and oxygen atoms in total. The summed E-state index contributed by atoms with van der Waals surface area (Å²) in [6, 6.07) is 8.95. The Bertz CT molecular complexity index is 953. The summed E-state index contributed by atoms with van der Waals surface area (Å²) >= 11 is 1.07. The fourth-order valence-corrected chi connectivity index (χ4v) is 2.91. The minimum Gasteiger partial charge on any atom is -0.504 e. The first-order valence-corrected chi connectivity index (χ1v) is 7.60. The average Bonchev–Trinajstić information content (AvgIpc) is 2.92. The number of hydrogen-bond acceptors (Lipinski definition) is 7. The maximum Gasteiger partial charge on any atom is 0.253 e. The lowest BCUT2D eigenvalue weighted by Crippen LogP contribution is -2.35. The molecule has 0 saturated carbocycles. The van der Waals surface area contributed by atoms with E-state index in [1.807, 2.05) is 6.07 Å². The fourth-order valence-electron chi connectivity index (χ4n) is 2.12. The average molecular weight is 328 g/mol. The van der Waals surface area contributed by atoms with Crippen molar-refractivity contribution < 1.29 is 9.90 Å². The maximum atomic E-state index is 11.8. The molecule has 0 saturated heterocycles. The smallest absolute Gasteiger partial charge is 0.253 e. The summed E-state index contributed by atoms with van der Waals surface area (Å²) in [5.74, 6) is -0.491. The molecule has 0 spiro atoms. The Kier molecular flexibility index (Phi) is 3.71. The molecular weight excluding hydrogens is 316 g/mol. The van der Waals surface area contributed by atoms with E-state index in [4.69, 9.17) is 0 Å². The number of rotatable bonds is 5. The van der Waals surface area contributed by atoms with Crippen molar-refractivity contribution in [3.63, 3.8) is 0 Å². The van der Waals surface area contributed by atoms with Gasteiger partial charge in [-0.3, -0.25) is 14.4 Å². The SMILES string of the molecule is CC(=O)c1scc(Nc2c(Nc3ccccc3)c(=O)c2=O)c1O. The number of anilines is 4. The highest BCUT2D eigenvalue weighted by Gasteiger charge is 2.23. The predicted molar refractivity (Wildman–Crippen MR) is 90.3 cm³/mol. The molecule has 0 aliphatic carbocycles. The van der Waals surface area contributed by atoms with E-state index in [9.17, 15) is 19.5 Å². The fraction of sp³-hybridized carbons (Fsp3) is 0.0625. The summed E-state index contributed by atoms with van der Waals surface area (Å²) in [4.78, 5) is 35.1. The van der Waals surface area contributed by atoms with Gasteiger partial charge in [-0.25, -0.2) is 0 Å². The number of ketones is 1. The second kappa shape index (κ2) is 5.69. The van der Waals surface area contributed by atoms with E-state index in [0.717, 1.165) is 11.3 Å². The van der Waals surface area contributed by atoms with Gasteiger partial charge >= 0.3 is 0 Å². The van der Waals surface area contributed by atoms with Gasteiger partial charge in [0.1, 0.15) is 16.3 Å². The number of thiophene rings is 1. The van der Waals surface area contributed by atoms with Crippen LogP contribution in [0.3, 0.4) is 0 Å². The molecule has 3 aromatic rings. The van der Waals surface area contributed by atoms with E-state index in [-0.39, 0.29) is 33.5 Å². The molecule has 3 rings (SSSR count). The van der Waals surface area contributed by atoms with Gasteiger partial charge in [-0.2, -0.15) is 0 Å². The van der Waals surface area contributed by atoms with Gasteiger partial charge in [-0.1, -0.05) is 18.2 Å². The minimum absolute atomic E-state index is 0.0713. The number of nitrogens with one attached hydrogen (secondary N) is 2. The summed E-state index contributed by atoms with van der Waals surface area (Å²) in [6.45, 7) is 1.34. The zero-order valence-corrected chi connectivity index (χ0v) is 12.9. The number of carbonyl (C=O) groups excluding carboxylic acids is 1. The first kappa shape index (κ1) is 15.0. The van der Waals surface area contributed by atoms with Crippen LogP contribution in [0.4, 0.5) is 22.7 Å². The summed E-state index contributed by atoms with van der Waals surface area (Å²) in [5.41, 5.74) is -0.195. The van der Waals surface area contributed by atoms with Gasteiger partial charge in [0.15, 0.2) is 11.5 Å². The normalized spacial score (nSPS) is 10.7. The van der Waals surface area contributed by atoms with E-state index in [2.05, 4.69) is 10.6 Å². The Balaban J connectivity index is 1.90. The summed E-state index contributed by atoms with van der Waals surface area (Å²) < 4.78 is 0. The molecule has 3 N–H and O–H groups in total. The van der Waals surface area contributed by atoms with Crippen molar-refractivity contribution in [1.82, 2.24) is 0 Å². The molecule has 0 aliphatic heterocycles. The van der Waals surface area contributed by atoms with Crippen LogP contribution in [0.15, 0.2) is 45.3 Å². The molecule has 116 valence electrons. The Morgan fingerprint density at radius 1 is 1.04 bits per heavy atom. The number of hydrogen-bond donors (Lipinski definition) is 3. The van der Waals surface area contributed by atoms with Crippen LogP contribution in [0.1, 0.15) is 16.6 Å². The minimum atomic E-state index is -0.668. The van der Waals surface area contributed by atoms with Gasteiger partial charge in [0.05, 0.1) is 5.69 Å². The Hall–Kier alpha value is -2.93. The molecule has 0 radical (unpaired) electrons. The van der Waals surface area contributed by atoms with Crippen LogP contribution in [-0.2, 0) is 0 Å². The molecule has 0 fully saturated rings. The molecule has 0 bridgehead atoms. The second-order valence-corrected chi connectivity index (χ2v) is 5.79. The predicted octanol–water partition coefficient (Wildman–Crippen LogP) is 2.74. The highest BCUT2D eigenvalue weighted by atomic mass is 32.1. The Morgan fingerprint density at radius 3 is 2.22 bits per heavy atom. The molecule has 0 amide bonds. The van der Waals surface area contributed by atoms with Crippen molar-refractivity contribution in [3.8, 4) is 5.75 Å². The second-order valence-electron chi connectivity index (χ2n) is 4.91. The van der Waals surface area contributed by atoms with E-state index in [0.29, 0.717) is 5.69 Å². The third-order valence-electron chi connectivity index (χ3n) is 3.30. The number of para-hydroxylation sites is 1. The highest BCUT2D eigenvalue weighted by molar-refractivity contribution is 7.13. The molecule has 23 heavy (non-hydrogen) atoms. The molecule has 7 heteroatoms. The number of aromatic hydroxyl groups is 1. The van der Waals surface area contributed by atoms with Crippen LogP contribution in [0.5, 0.6) is 5.75 Å². The zero-order chi connectivity index (χ0) is 16.6. The summed E-state index contributed by atoms with van der Waals surface area (Å²) in [7, 11) is 0. The lowest BCUT2D eigenvalue weighted by molar-refractivity contribution is 0.101. The van der Waals surface area contributed by atoms with Crippen LogP contribution >= 0.6 is 11.3 Å². The van der Waals surface area contributed by atoms with Gasteiger partial charge in [0.25, 0.3) is 10.9 Å². The van der Waals surface area contributed by atoms with Crippen LogP contribution < -0.4 is 21.5 Å². The zero-order valence-electron chi connectivity index (χ0n) is 12.0. The molecule has 0 unspecified atom stereocenters. The maximum absolute atomic E-state index is 11.8. The van der Waals surface area contributed by atoms with Crippen molar-refractivity contribution in [2.45, 2.75) is 6.92 Å². The molecular formula is C16H12N2O4S. The third kappa shape index (κ3) is 2.62. The standard InChI is InChI=1S/C16H12N2O4S/c1-8(19)16-13(20)10(7-23-16)18-12-11(14(21)15(12)22)17-9-5-3-2-4-6-9/h2-7,17-18,20H,1H3. The molecule has 0 aliphatic rings. The van der Waals surface area contributed by atoms with E-state index in [1.165, 1.54) is 12.3 Å². The van der Waals surface area contributed by atoms with Crippen LogP contribution in [0.25, 0.3) is 0 Å². The quantitative estimate of drug-likeness (QED) is 0.492. The van der Waals surface area contributed by atoms with Gasteiger partial charge in [0.2, 0.25) is 0 Å². The van der Waals surface area contributed by atoms with Gasteiger partial charge in [-0.15, -0.1) is 11.3 Å². The van der Waals surface area contributed by atoms with E-state index < -0.39 is 10.9 Å². The molecule has 1 aromatic heterocycles. The number of benzene rings is 1. The summed E-state index contributed by atoms with van der Waals surface area (Å²) in [6.07, 6.45) is 0.